The maximum atomic E-state index is 9.83. The van der Waals surface area contributed by atoms with Crippen LogP contribution in [0.2, 0.25) is 0 Å². The van der Waals surface area contributed by atoms with Crippen LogP contribution in [-0.2, 0) is 0 Å². The molecule has 5 heteroatoms. The van der Waals surface area contributed by atoms with Crippen molar-refractivity contribution in [3.8, 4) is 34.8 Å². The molecule has 0 bridgehead atoms. The molecule has 10 rings (SSSR count). The van der Waals surface area contributed by atoms with Gasteiger partial charge in [0.2, 0.25) is 0 Å². The molecular weight excluding hydrogens is 721 g/mol. The topological polar surface area (TPSA) is 63.3 Å². The van der Waals surface area contributed by atoms with E-state index in [2.05, 4.69) is 171 Å². The summed E-state index contributed by atoms with van der Waals surface area (Å²) in [5.74, 6) is 1.60. The van der Waals surface area contributed by atoms with Gasteiger partial charge in [0.05, 0.1) is 40.3 Å². The minimum atomic E-state index is 0.648. The van der Waals surface area contributed by atoms with Crippen LogP contribution in [0, 0.1) is 50.4 Å². The maximum Gasteiger partial charge on any atom is 0.137 e. The molecule has 9 aromatic rings. The highest BCUT2D eigenvalue weighted by atomic mass is 16.5. The van der Waals surface area contributed by atoms with Crippen LogP contribution in [0.25, 0.3) is 43.4 Å². The fourth-order valence-corrected chi connectivity index (χ4v) is 9.26. The molecule has 0 spiro atoms. The van der Waals surface area contributed by atoms with Crippen LogP contribution in [0.4, 0.5) is 34.1 Å². The van der Waals surface area contributed by atoms with Gasteiger partial charge in [-0.1, -0.05) is 72.8 Å². The van der Waals surface area contributed by atoms with Crippen molar-refractivity contribution in [1.82, 2.24) is 0 Å². The first-order chi connectivity index (χ1) is 28.8. The summed E-state index contributed by atoms with van der Waals surface area (Å²) in [5.41, 5.74) is 13.8. The Morgan fingerprint density at radius 2 is 0.932 bits per heavy atom. The number of nitriles is 2. The number of para-hydroxylation sites is 2. The lowest BCUT2D eigenvalue weighted by atomic mass is 9.88. The molecule has 0 amide bonds. The minimum Gasteiger partial charge on any atom is -0.456 e. The van der Waals surface area contributed by atoms with Gasteiger partial charge in [0.25, 0.3) is 0 Å². The normalized spacial score (nSPS) is 11.5. The molecule has 9 aromatic carbocycles. The van der Waals surface area contributed by atoms with Crippen LogP contribution in [0.1, 0.15) is 33.4 Å². The SMILES string of the molecule is Cc1cc(C#N)cc(C)c1N(c1ccccc1)c1ccc2c(c1)Oc1cccc3c1c-2cc1c2ccccc2c(N(c2ccccc2)c2c(C)cc(C#N)cc2C)cc31. The van der Waals surface area contributed by atoms with Crippen molar-refractivity contribution < 1.29 is 4.74 Å². The highest BCUT2D eigenvalue weighted by molar-refractivity contribution is 6.25. The van der Waals surface area contributed by atoms with E-state index >= 15 is 0 Å². The van der Waals surface area contributed by atoms with Crippen LogP contribution >= 0.6 is 0 Å². The van der Waals surface area contributed by atoms with Crippen molar-refractivity contribution in [3.05, 3.63) is 191 Å². The Balaban J connectivity index is 1.21. The zero-order valence-corrected chi connectivity index (χ0v) is 33.2. The predicted octanol–water partition coefficient (Wildman–Crippen LogP) is 14.8. The first-order valence-electron chi connectivity index (χ1n) is 19.8. The van der Waals surface area contributed by atoms with Gasteiger partial charge in [-0.05, 0) is 156 Å². The van der Waals surface area contributed by atoms with E-state index in [1.54, 1.807) is 0 Å². The minimum absolute atomic E-state index is 0.648. The van der Waals surface area contributed by atoms with Gasteiger partial charge >= 0.3 is 0 Å². The molecule has 280 valence electrons. The van der Waals surface area contributed by atoms with Gasteiger partial charge in [-0.25, -0.2) is 0 Å². The van der Waals surface area contributed by atoms with Gasteiger partial charge in [0.1, 0.15) is 11.5 Å². The zero-order valence-electron chi connectivity index (χ0n) is 33.2. The molecule has 0 radical (unpaired) electrons. The Hall–Kier alpha value is -7.86. The van der Waals surface area contributed by atoms with Crippen LogP contribution < -0.4 is 14.5 Å². The number of fused-ring (bicyclic) bond motifs is 6. The third-order valence-corrected chi connectivity index (χ3v) is 11.6. The van der Waals surface area contributed by atoms with Crippen molar-refractivity contribution >= 4 is 66.4 Å². The molecule has 0 atom stereocenters. The Morgan fingerprint density at radius 1 is 0.407 bits per heavy atom. The van der Waals surface area contributed by atoms with E-state index in [4.69, 9.17) is 4.74 Å². The molecule has 0 aliphatic carbocycles. The molecule has 0 saturated carbocycles. The molecule has 59 heavy (non-hydrogen) atoms. The molecular formula is C54H38N4O. The Morgan fingerprint density at radius 3 is 1.54 bits per heavy atom. The summed E-state index contributed by atoms with van der Waals surface area (Å²) in [6.45, 7) is 8.32. The highest BCUT2D eigenvalue weighted by Gasteiger charge is 2.27. The summed E-state index contributed by atoms with van der Waals surface area (Å²) in [7, 11) is 0. The van der Waals surface area contributed by atoms with E-state index in [9.17, 15) is 10.5 Å². The van der Waals surface area contributed by atoms with E-state index in [1.807, 2.05) is 36.4 Å². The van der Waals surface area contributed by atoms with Crippen LogP contribution in [0.15, 0.2) is 158 Å². The molecule has 0 fully saturated rings. The second kappa shape index (κ2) is 14.0. The number of aryl methyl sites for hydroxylation is 4. The molecule has 0 saturated heterocycles. The fraction of sp³-hybridized carbons (Fsp3) is 0.0741. The number of anilines is 6. The van der Waals surface area contributed by atoms with E-state index in [1.165, 1.54) is 0 Å². The summed E-state index contributed by atoms with van der Waals surface area (Å²) in [6.07, 6.45) is 0. The van der Waals surface area contributed by atoms with E-state index < -0.39 is 0 Å². The summed E-state index contributed by atoms with van der Waals surface area (Å²) < 4.78 is 6.91. The van der Waals surface area contributed by atoms with Gasteiger partial charge in [-0.3, -0.25) is 0 Å². The average Bonchev–Trinajstić information content (AvgIpc) is 3.26. The lowest BCUT2D eigenvalue weighted by Crippen LogP contribution is -2.14. The number of ether oxygens (including phenoxy) is 1. The van der Waals surface area contributed by atoms with Crippen molar-refractivity contribution in [3.63, 3.8) is 0 Å². The molecule has 0 aromatic heterocycles. The molecule has 0 N–H and O–H groups in total. The second-order valence-corrected chi connectivity index (χ2v) is 15.4. The van der Waals surface area contributed by atoms with Gasteiger partial charge < -0.3 is 14.5 Å². The summed E-state index contributed by atoms with van der Waals surface area (Å²) in [4.78, 5) is 4.61. The summed E-state index contributed by atoms with van der Waals surface area (Å²) in [6, 6.07) is 59.6. The first-order valence-corrected chi connectivity index (χ1v) is 19.8. The maximum absolute atomic E-state index is 9.83. The Bertz CT molecular complexity index is 3220. The highest BCUT2D eigenvalue weighted by Crippen LogP contribution is 2.53. The zero-order chi connectivity index (χ0) is 40.4. The molecule has 1 aliphatic heterocycles. The first kappa shape index (κ1) is 35.5. The lowest BCUT2D eigenvalue weighted by molar-refractivity contribution is 0.487. The van der Waals surface area contributed by atoms with Crippen LogP contribution in [0.3, 0.4) is 0 Å². The number of hydrogen-bond acceptors (Lipinski definition) is 5. The van der Waals surface area contributed by atoms with Crippen LogP contribution in [-0.4, -0.2) is 0 Å². The van der Waals surface area contributed by atoms with Gasteiger partial charge in [-0.2, -0.15) is 10.5 Å². The lowest BCUT2D eigenvalue weighted by Gasteiger charge is -2.31. The molecule has 1 aliphatic rings. The average molecular weight is 759 g/mol. The quantitative estimate of drug-likeness (QED) is 0.158. The second-order valence-electron chi connectivity index (χ2n) is 15.4. The Labute approximate surface area is 343 Å². The summed E-state index contributed by atoms with van der Waals surface area (Å²) in [5, 5.41) is 26.3. The molecule has 5 nitrogen and oxygen atoms in total. The van der Waals surface area contributed by atoms with Crippen molar-refractivity contribution in [1.29, 1.82) is 10.5 Å². The van der Waals surface area contributed by atoms with Gasteiger partial charge in [0, 0.05) is 39.5 Å². The monoisotopic (exact) mass is 758 g/mol. The molecule has 1 heterocycles. The van der Waals surface area contributed by atoms with Crippen LogP contribution in [0.5, 0.6) is 11.5 Å². The van der Waals surface area contributed by atoms with E-state index in [0.717, 1.165) is 111 Å². The summed E-state index contributed by atoms with van der Waals surface area (Å²) >= 11 is 0. The fourth-order valence-electron chi connectivity index (χ4n) is 9.26. The van der Waals surface area contributed by atoms with Gasteiger partial charge in [-0.15, -0.1) is 0 Å². The van der Waals surface area contributed by atoms with Crippen molar-refractivity contribution in [2.24, 2.45) is 0 Å². The van der Waals surface area contributed by atoms with Gasteiger partial charge in [0.15, 0.2) is 0 Å². The smallest absolute Gasteiger partial charge is 0.137 e. The van der Waals surface area contributed by atoms with Crippen molar-refractivity contribution in [2.45, 2.75) is 27.7 Å². The third kappa shape index (κ3) is 5.75. The van der Waals surface area contributed by atoms with Crippen molar-refractivity contribution in [2.75, 3.05) is 9.80 Å². The van der Waals surface area contributed by atoms with E-state index in [0.29, 0.717) is 11.1 Å². The number of benzene rings is 9. The number of nitrogens with zero attached hydrogens (tertiary/aromatic N) is 4. The molecule has 0 unspecified atom stereocenters. The van der Waals surface area contributed by atoms with E-state index in [-0.39, 0.29) is 0 Å². The third-order valence-electron chi connectivity index (χ3n) is 11.6. The standard InChI is InChI=1S/C54H38N4O/c1-33-24-37(31-55)25-34(2)53(33)57(39-14-7-5-8-15-39)41-22-23-44-48-29-46-42-18-11-12-19-43(42)49(30-47(46)45-20-13-21-50(52(45)48)59-51(44)28-41)58(40-16-9-6-10-17-40)54-35(3)26-38(32-56)27-36(54)4/h5-30H,1-4H3. The largest absolute Gasteiger partial charge is 0.456 e. The Kier molecular flexibility index (Phi) is 8.41. The number of rotatable bonds is 6. The predicted molar refractivity (Wildman–Crippen MR) is 242 cm³/mol. The number of hydrogen-bond donors (Lipinski definition) is 0.